The number of allylic oxidation sites excluding steroid dienone is 1. The van der Waals surface area contributed by atoms with E-state index in [4.69, 9.17) is 0 Å². The number of β-lactam (4-membered cyclic amide) rings is 1. The summed E-state index contributed by atoms with van der Waals surface area (Å²) in [5, 5.41) is 9.02. The molecule has 164 valence electrons. The Hall–Kier alpha value is -3.04. The Kier molecular flexibility index (Phi) is 6.00. The van der Waals surface area contributed by atoms with Gasteiger partial charge in [-0.1, -0.05) is 23.4 Å². The van der Waals surface area contributed by atoms with Gasteiger partial charge < -0.3 is 4.90 Å². The molecule has 5 rings (SSSR count). The maximum atomic E-state index is 11.8. The Morgan fingerprint density at radius 3 is 2.34 bits per heavy atom. The van der Waals surface area contributed by atoms with Gasteiger partial charge in [0.05, 0.1) is 47.7 Å². The number of aromatic nitrogens is 5. The van der Waals surface area contributed by atoms with E-state index in [1.54, 1.807) is 11.8 Å². The average molecular weight is 448 g/mol. The van der Waals surface area contributed by atoms with Crippen LogP contribution in [-0.4, -0.2) is 52.1 Å². The number of fused-ring (bicyclic) bond motifs is 1. The van der Waals surface area contributed by atoms with Gasteiger partial charge in [-0.15, -0.1) is 16.9 Å². The fraction of sp³-hybridized carbons (Fsp3) is 0.348. The largest absolute Gasteiger partial charge is 0.322 e. The van der Waals surface area contributed by atoms with Crippen LogP contribution in [-0.2, 0) is 31.0 Å². The molecule has 3 aromatic rings. The predicted octanol–water partition coefficient (Wildman–Crippen LogP) is 2.85. The van der Waals surface area contributed by atoms with Crippen LogP contribution in [0.15, 0.2) is 66.0 Å². The van der Waals surface area contributed by atoms with Crippen LogP contribution in [0.4, 0.5) is 0 Å². The van der Waals surface area contributed by atoms with E-state index in [0.717, 1.165) is 17.1 Å². The summed E-state index contributed by atoms with van der Waals surface area (Å²) < 4.78 is 1.85. The van der Waals surface area contributed by atoms with E-state index >= 15 is 0 Å². The van der Waals surface area contributed by atoms with Crippen molar-refractivity contribution in [3.63, 3.8) is 0 Å². The first kappa shape index (κ1) is 20.8. The van der Waals surface area contributed by atoms with Crippen molar-refractivity contribution in [3.8, 4) is 0 Å². The molecule has 8 nitrogen and oxygen atoms in total. The lowest BCUT2D eigenvalue weighted by atomic mass is 10.1. The van der Waals surface area contributed by atoms with Gasteiger partial charge in [-0.2, -0.15) is 0 Å². The fourth-order valence-electron chi connectivity index (χ4n) is 4.10. The number of thioether (sulfide) groups is 1. The normalized spacial score (nSPS) is 21.2. The maximum Gasteiger partial charge on any atom is 0.226 e. The van der Waals surface area contributed by atoms with Crippen molar-refractivity contribution >= 4 is 17.7 Å². The molecule has 2 atom stereocenters. The van der Waals surface area contributed by atoms with Crippen molar-refractivity contribution in [2.24, 2.45) is 0 Å². The lowest BCUT2D eigenvalue weighted by Gasteiger charge is -2.35. The summed E-state index contributed by atoms with van der Waals surface area (Å²) >= 11 is 1.79. The van der Waals surface area contributed by atoms with Gasteiger partial charge in [-0.25, -0.2) is 4.68 Å². The summed E-state index contributed by atoms with van der Waals surface area (Å²) in [5.74, 6) is 0.252. The third-order valence-corrected chi connectivity index (χ3v) is 7.17. The summed E-state index contributed by atoms with van der Waals surface area (Å²) in [6.45, 7) is 4.80. The van der Waals surface area contributed by atoms with Crippen LogP contribution in [0.3, 0.4) is 0 Å². The molecule has 0 saturated carbocycles. The highest BCUT2D eigenvalue weighted by atomic mass is 32.2. The number of hydrogen-bond donors (Lipinski definition) is 0. The van der Waals surface area contributed by atoms with E-state index in [1.807, 2.05) is 64.6 Å². The van der Waals surface area contributed by atoms with Gasteiger partial charge in [0, 0.05) is 36.9 Å². The first-order valence-electron chi connectivity index (χ1n) is 10.7. The quantitative estimate of drug-likeness (QED) is 0.491. The zero-order chi connectivity index (χ0) is 21.9. The number of nitrogens with zero attached hydrogens (tertiary/aromatic N) is 7. The van der Waals surface area contributed by atoms with E-state index in [9.17, 15) is 4.79 Å². The molecule has 0 spiro atoms. The van der Waals surface area contributed by atoms with Crippen LogP contribution in [0.25, 0.3) is 0 Å². The van der Waals surface area contributed by atoms with E-state index < -0.39 is 0 Å². The predicted molar refractivity (Wildman–Crippen MR) is 122 cm³/mol. The summed E-state index contributed by atoms with van der Waals surface area (Å²) in [4.78, 5) is 26.2. The van der Waals surface area contributed by atoms with Gasteiger partial charge in [0.15, 0.2) is 0 Å². The molecule has 1 amide bonds. The van der Waals surface area contributed by atoms with Crippen LogP contribution in [0.5, 0.6) is 0 Å². The van der Waals surface area contributed by atoms with Crippen molar-refractivity contribution in [1.29, 1.82) is 0 Å². The number of carbonyl (C=O) groups excluding carboxylic acids is 1. The topological polar surface area (TPSA) is 80.0 Å². The van der Waals surface area contributed by atoms with Crippen LogP contribution in [0.1, 0.15) is 30.4 Å². The molecule has 0 N–H and O–H groups in total. The summed E-state index contributed by atoms with van der Waals surface area (Å²) in [6, 6.07) is 12.1. The minimum atomic E-state index is 0.168. The van der Waals surface area contributed by atoms with Gasteiger partial charge in [0.1, 0.15) is 0 Å². The molecule has 3 aromatic heterocycles. The highest BCUT2D eigenvalue weighted by Crippen LogP contribution is 2.46. The minimum Gasteiger partial charge on any atom is -0.322 e. The van der Waals surface area contributed by atoms with Crippen molar-refractivity contribution in [2.45, 2.75) is 50.9 Å². The summed E-state index contributed by atoms with van der Waals surface area (Å²) in [6.07, 6.45) is 8.44. The summed E-state index contributed by atoms with van der Waals surface area (Å²) in [5.41, 5.74) is 2.92. The van der Waals surface area contributed by atoms with Crippen molar-refractivity contribution in [1.82, 2.24) is 34.8 Å². The lowest BCUT2D eigenvalue weighted by Crippen LogP contribution is -2.50. The second kappa shape index (κ2) is 9.22. The molecule has 0 aliphatic carbocycles. The summed E-state index contributed by atoms with van der Waals surface area (Å²) in [7, 11) is 0. The van der Waals surface area contributed by atoms with Crippen LogP contribution >= 0.6 is 11.8 Å². The first-order chi connectivity index (χ1) is 15.7. The van der Waals surface area contributed by atoms with Crippen LogP contribution in [0, 0.1) is 0 Å². The van der Waals surface area contributed by atoms with Gasteiger partial charge in [0.2, 0.25) is 5.91 Å². The van der Waals surface area contributed by atoms with Crippen LogP contribution < -0.4 is 0 Å². The Bertz CT molecular complexity index is 1060. The average Bonchev–Trinajstić information content (AvgIpc) is 3.34. The number of rotatable bonds is 8. The third kappa shape index (κ3) is 4.58. The molecule has 0 radical (unpaired) electrons. The zero-order valence-corrected chi connectivity index (χ0v) is 18.7. The first-order valence-corrected chi connectivity index (χ1v) is 11.6. The highest BCUT2D eigenvalue weighted by molar-refractivity contribution is 8.04. The number of hydrogen-bond acceptors (Lipinski definition) is 7. The smallest absolute Gasteiger partial charge is 0.226 e. The monoisotopic (exact) mass is 447 g/mol. The van der Waals surface area contributed by atoms with E-state index in [2.05, 4.69) is 38.2 Å². The molecular weight excluding hydrogens is 422 g/mol. The lowest BCUT2D eigenvalue weighted by molar-refractivity contribution is -0.142. The number of pyridine rings is 2. The van der Waals surface area contributed by atoms with Crippen molar-refractivity contribution in [3.05, 3.63) is 83.1 Å². The fourth-order valence-corrected chi connectivity index (χ4v) is 5.53. The van der Waals surface area contributed by atoms with E-state index in [0.29, 0.717) is 38.0 Å². The molecule has 0 bridgehead atoms. The standard InChI is InChI=1S/C23H25N7OS/c1-17-21(32-23-12-22(31)30(17)23)8-11-29-16-20(26-27-29)15-28(13-18-6-2-4-9-24-18)14-19-7-3-5-10-25-19/h2-10,16-17,23H,11-15H2,1H3/b21-8-/t17-,23?/m0/s1. The molecule has 1 unspecified atom stereocenters. The van der Waals surface area contributed by atoms with Gasteiger partial charge in [0.25, 0.3) is 0 Å². The Morgan fingerprint density at radius 2 is 1.75 bits per heavy atom. The molecule has 2 aliphatic rings. The van der Waals surface area contributed by atoms with E-state index in [-0.39, 0.29) is 11.9 Å². The van der Waals surface area contributed by atoms with Crippen LogP contribution in [0.2, 0.25) is 0 Å². The Balaban J connectivity index is 1.25. The number of carbonyl (C=O) groups is 1. The molecule has 5 heterocycles. The number of amides is 1. The maximum absolute atomic E-state index is 11.8. The molecule has 2 fully saturated rings. The second-order valence-corrected chi connectivity index (χ2v) is 9.33. The molecule has 32 heavy (non-hydrogen) atoms. The Labute approximate surface area is 191 Å². The van der Waals surface area contributed by atoms with E-state index in [1.165, 1.54) is 4.91 Å². The van der Waals surface area contributed by atoms with Gasteiger partial charge >= 0.3 is 0 Å². The third-order valence-electron chi connectivity index (χ3n) is 5.72. The van der Waals surface area contributed by atoms with Gasteiger partial charge in [-0.3, -0.25) is 19.7 Å². The van der Waals surface area contributed by atoms with Crippen molar-refractivity contribution in [2.75, 3.05) is 0 Å². The minimum absolute atomic E-state index is 0.168. The SMILES string of the molecule is C[C@H]1/C(=C/Cn2cc(CN(Cc3ccccn3)Cc3ccccn3)nn2)SC2CC(=O)N21. The highest BCUT2D eigenvalue weighted by Gasteiger charge is 2.46. The Morgan fingerprint density at radius 1 is 1.06 bits per heavy atom. The van der Waals surface area contributed by atoms with Gasteiger partial charge in [-0.05, 0) is 31.2 Å². The molecular formula is C23H25N7OS. The molecule has 9 heteroatoms. The molecule has 0 aromatic carbocycles. The molecule has 2 aliphatic heterocycles. The zero-order valence-electron chi connectivity index (χ0n) is 17.9. The second-order valence-electron chi connectivity index (χ2n) is 8.08. The molecule has 2 saturated heterocycles. The van der Waals surface area contributed by atoms with Crippen molar-refractivity contribution < 1.29 is 4.79 Å².